The Morgan fingerprint density at radius 1 is 1.29 bits per heavy atom. The second kappa shape index (κ2) is 5.75. The van der Waals surface area contributed by atoms with Crippen molar-refractivity contribution < 1.29 is 4.92 Å². The summed E-state index contributed by atoms with van der Waals surface area (Å²) in [7, 11) is 0. The summed E-state index contributed by atoms with van der Waals surface area (Å²) in [5.74, 6) is 0. The number of nitrogens with zero attached hydrogens (tertiary/aromatic N) is 1. The minimum atomic E-state index is -0.366. The molecular formula is C12H17N3O2. The summed E-state index contributed by atoms with van der Waals surface area (Å²) in [5.41, 5.74) is 1.29. The summed E-state index contributed by atoms with van der Waals surface area (Å²) in [6, 6.07) is 7.23. The van der Waals surface area contributed by atoms with Crippen LogP contribution in [0.5, 0.6) is 0 Å². The molecule has 1 heterocycles. The number of non-ortho nitro benzene ring substituents is 1. The van der Waals surface area contributed by atoms with Crippen LogP contribution in [0.1, 0.15) is 12.0 Å². The molecule has 0 amide bonds. The highest BCUT2D eigenvalue weighted by Gasteiger charge is 2.12. The van der Waals surface area contributed by atoms with Crippen molar-refractivity contribution in [3.05, 3.63) is 39.9 Å². The van der Waals surface area contributed by atoms with E-state index < -0.39 is 0 Å². The zero-order valence-electron chi connectivity index (χ0n) is 9.69. The Balaban J connectivity index is 1.95. The van der Waals surface area contributed by atoms with E-state index in [1.165, 1.54) is 0 Å². The van der Waals surface area contributed by atoms with Gasteiger partial charge in [-0.15, -0.1) is 0 Å². The third-order valence-electron chi connectivity index (χ3n) is 2.98. The molecule has 1 atom stereocenters. The summed E-state index contributed by atoms with van der Waals surface area (Å²) in [5, 5.41) is 17.4. The van der Waals surface area contributed by atoms with Gasteiger partial charge in [-0.25, -0.2) is 0 Å². The number of nitro benzene ring substituents is 1. The van der Waals surface area contributed by atoms with E-state index in [0.29, 0.717) is 6.04 Å². The van der Waals surface area contributed by atoms with Crippen LogP contribution in [0.2, 0.25) is 0 Å². The van der Waals surface area contributed by atoms with Crippen LogP contribution in [-0.2, 0) is 6.42 Å². The second-order valence-corrected chi connectivity index (χ2v) is 4.34. The van der Waals surface area contributed by atoms with E-state index in [1.54, 1.807) is 12.1 Å². The summed E-state index contributed by atoms with van der Waals surface area (Å²) < 4.78 is 0. The maximum Gasteiger partial charge on any atom is 0.269 e. The van der Waals surface area contributed by atoms with E-state index in [4.69, 9.17) is 0 Å². The average molecular weight is 235 g/mol. The Kier molecular flexibility index (Phi) is 4.06. The molecule has 1 fully saturated rings. The van der Waals surface area contributed by atoms with Crippen LogP contribution in [0.15, 0.2) is 24.3 Å². The lowest BCUT2D eigenvalue weighted by atomic mass is 10.1. The number of nitrogens with one attached hydrogen (secondary N) is 2. The van der Waals surface area contributed by atoms with Crippen LogP contribution in [0.25, 0.3) is 0 Å². The van der Waals surface area contributed by atoms with Gasteiger partial charge in [0, 0.05) is 24.7 Å². The zero-order chi connectivity index (χ0) is 12.1. The first-order valence-electron chi connectivity index (χ1n) is 5.93. The van der Waals surface area contributed by atoms with Gasteiger partial charge >= 0.3 is 0 Å². The molecule has 1 aromatic carbocycles. The van der Waals surface area contributed by atoms with Gasteiger partial charge in [-0.1, -0.05) is 12.1 Å². The molecule has 0 spiro atoms. The van der Waals surface area contributed by atoms with Gasteiger partial charge in [0.1, 0.15) is 0 Å². The van der Waals surface area contributed by atoms with Gasteiger partial charge in [-0.2, -0.15) is 0 Å². The highest BCUT2D eigenvalue weighted by Crippen LogP contribution is 2.13. The van der Waals surface area contributed by atoms with Crippen LogP contribution >= 0.6 is 0 Å². The predicted octanol–water partition coefficient (Wildman–Crippen LogP) is 1.09. The fraction of sp³-hybridized carbons (Fsp3) is 0.500. The van der Waals surface area contributed by atoms with Crippen molar-refractivity contribution >= 4 is 5.69 Å². The summed E-state index contributed by atoms with van der Waals surface area (Å²) in [6.45, 7) is 3.05. The average Bonchev–Trinajstić information content (AvgIpc) is 2.58. The van der Waals surface area contributed by atoms with Gasteiger partial charge < -0.3 is 10.6 Å². The third-order valence-corrected chi connectivity index (χ3v) is 2.98. The zero-order valence-corrected chi connectivity index (χ0v) is 9.69. The maximum atomic E-state index is 10.5. The van der Waals surface area contributed by atoms with Crippen LogP contribution in [-0.4, -0.2) is 30.6 Å². The molecule has 5 nitrogen and oxygen atoms in total. The van der Waals surface area contributed by atoms with Crippen molar-refractivity contribution in [2.24, 2.45) is 0 Å². The molecule has 17 heavy (non-hydrogen) atoms. The Morgan fingerprint density at radius 3 is 2.76 bits per heavy atom. The molecule has 1 aliphatic heterocycles. The molecule has 92 valence electrons. The topological polar surface area (TPSA) is 67.2 Å². The van der Waals surface area contributed by atoms with Crippen LogP contribution in [0.3, 0.4) is 0 Å². The van der Waals surface area contributed by atoms with Gasteiger partial charge in [0.15, 0.2) is 0 Å². The number of benzene rings is 1. The lowest BCUT2D eigenvalue weighted by Gasteiger charge is -2.15. The fourth-order valence-corrected chi connectivity index (χ4v) is 2.05. The minimum absolute atomic E-state index is 0.153. The first-order chi connectivity index (χ1) is 8.25. The molecule has 0 saturated carbocycles. The van der Waals surface area contributed by atoms with Crippen LogP contribution in [0, 0.1) is 10.1 Å². The summed E-state index contributed by atoms with van der Waals surface area (Å²) >= 11 is 0. The maximum absolute atomic E-state index is 10.5. The van der Waals surface area contributed by atoms with E-state index in [0.717, 1.165) is 38.0 Å². The van der Waals surface area contributed by atoms with E-state index in [1.807, 2.05) is 12.1 Å². The van der Waals surface area contributed by atoms with E-state index in [9.17, 15) is 10.1 Å². The quantitative estimate of drug-likeness (QED) is 0.608. The second-order valence-electron chi connectivity index (χ2n) is 4.34. The highest BCUT2D eigenvalue weighted by molar-refractivity contribution is 5.33. The number of hydrogen-bond acceptors (Lipinski definition) is 4. The normalized spacial score (nSPS) is 20.8. The molecule has 2 rings (SSSR count). The first-order valence-corrected chi connectivity index (χ1v) is 5.93. The Labute approximate surface area is 100 Å². The van der Waals surface area contributed by atoms with Crippen molar-refractivity contribution in [1.29, 1.82) is 0 Å². The van der Waals surface area contributed by atoms with E-state index in [-0.39, 0.29) is 10.6 Å². The van der Waals surface area contributed by atoms with Crippen molar-refractivity contribution in [1.82, 2.24) is 10.6 Å². The molecule has 0 bridgehead atoms. The Bertz CT molecular complexity index is 370. The Morgan fingerprint density at radius 2 is 2.06 bits per heavy atom. The molecule has 1 aromatic rings. The van der Waals surface area contributed by atoms with Crippen molar-refractivity contribution in [2.75, 3.05) is 19.6 Å². The molecule has 1 unspecified atom stereocenters. The van der Waals surface area contributed by atoms with Gasteiger partial charge in [0.2, 0.25) is 0 Å². The van der Waals surface area contributed by atoms with Crippen molar-refractivity contribution in [2.45, 2.75) is 18.9 Å². The van der Waals surface area contributed by atoms with Gasteiger partial charge in [0.25, 0.3) is 5.69 Å². The van der Waals surface area contributed by atoms with Crippen LogP contribution in [0.4, 0.5) is 5.69 Å². The van der Waals surface area contributed by atoms with Crippen molar-refractivity contribution in [3.63, 3.8) is 0 Å². The Hall–Kier alpha value is -1.46. The summed E-state index contributed by atoms with van der Waals surface area (Å²) in [6.07, 6.45) is 2.06. The number of hydrogen-bond donors (Lipinski definition) is 2. The monoisotopic (exact) mass is 235 g/mol. The smallest absolute Gasteiger partial charge is 0.269 e. The molecule has 1 aliphatic rings. The van der Waals surface area contributed by atoms with Gasteiger partial charge in [-0.3, -0.25) is 10.1 Å². The van der Waals surface area contributed by atoms with Crippen LogP contribution < -0.4 is 10.6 Å². The van der Waals surface area contributed by atoms with E-state index >= 15 is 0 Å². The number of rotatable bonds is 3. The summed E-state index contributed by atoms with van der Waals surface area (Å²) in [4.78, 5) is 10.2. The van der Waals surface area contributed by atoms with Gasteiger partial charge in [-0.05, 0) is 31.5 Å². The molecule has 0 aromatic heterocycles. The fourth-order valence-electron chi connectivity index (χ4n) is 2.05. The molecular weight excluding hydrogens is 218 g/mol. The van der Waals surface area contributed by atoms with Crippen molar-refractivity contribution in [3.8, 4) is 0 Å². The number of nitro groups is 1. The lowest BCUT2D eigenvalue weighted by molar-refractivity contribution is -0.384. The minimum Gasteiger partial charge on any atom is -0.315 e. The highest BCUT2D eigenvalue weighted by atomic mass is 16.6. The molecule has 0 radical (unpaired) electrons. The van der Waals surface area contributed by atoms with Gasteiger partial charge in [0.05, 0.1) is 4.92 Å². The molecule has 2 N–H and O–H groups in total. The molecule has 1 saturated heterocycles. The van der Waals surface area contributed by atoms with E-state index in [2.05, 4.69) is 10.6 Å². The standard InChI is InChI=1S/C12H17N3O2/c16-15(17)12-4-2-10(3-5-12)8-11-9-13-6-1-7-14-11/h2-5,11,13-14H,1,6-9H2. The largest absolute Gasteiger partial charge is 0.315 e. The molecule has 0 aliphatic carbocycles. The molecule has 5 heteroatoms. The first kappa shape index (κ1) is 12.0. The third kappa shape index (κ3) is 3.51. The lowest BCUT2D eigenvalue weighted by Crippen LogP contribution is -2.36. The predicted molar refractivity (Wildman–Crippen MR) is 66.1 cm³/mol. The SMILES string of the molecule is O=[N+]([O-])c1ccc(CC2CNCCCN2)cc1.